The van der Waals surface area contributed by atoms with Gasteiger partial charge in [-0.05, 0) is 28.8 Å². The summed E-state index contributed by atoms with van der Waals surface area (Å²) in [5.41, 5.74) is 2.52. The Morgan fingerprint density at radius 2 is 1.00 bits per heavy atom. The van der Waals surface area contributed by atoms with Crippen LogP contribution < -0.4 is 5.32 Å². The van der Waals surface area contributed by atoms with Crippen LogP contribution in [0.2, 0.25) is 0 Å². The molecule has 2 unspecified atom stereocenters. The van der Waals surface area contributed by atoms with Crippen LogP contribution in [0.25, 0.3) is 5.70 Å². The molecular weight excluding hydrogens is 442 g/mol. The van der Waals surface area contributed by atoms with Gasteiger partial charge in [-0.15, -0.1) is 0 Å². The maximum atomic E-state index is 14.2. The molecule has 0 spiro atoms. The average Bonchev–Trinajstić information content (AvgIpc) is 2.90. The van der Waals surface area contributed by atoms with Gasteiger partial charge in [0.05, 0.1) is 21.4 Å². The molecule has 1 heterocycles. The van der Waals surface area contributed by atoms with Crippen molar-refractivity contribution in [3.8, 4) is 0 Å². The van der Waals surface area contributed by atoms with Crippen LogP contribution in [0.3, 0.4) is 0 Å². The second kappa shape index (κ2) is 9.12. The van der Waals surface area contributed by atoms with E-state index in [0.717, 1.165) is 11.1 Å². The smallest absolute Gasteiger partial charge is 0.232 e. The van der Waals surface area contributed by atoms with Crippen LogP contribution in [0.5, 0.6) is 0 Å². The number of carbonyl (C=O) groups is 1. The normalized spacial score (nSPS) is 18.4. The second-order valence-electron chi connectivity index (χ2n) is 8.19. The molecule has 4 aromatic carbocycles. The van der Waals surface area contributed by atoms with Gasteiger partial charge >= 0.3 is 0 Å². The third-order valence-corrected chi connectivity index (χ3v) is 8.05. The van der Waals surface area contributed by atoms with Crippen molar-refractivity contribution in [1.82, 2.24) is 5.32 Å². The van der Waals surface area contributed by atoms with Gasteiger partial charge in [0.1, 0.15) is 0 Å². The Morgan fingerprint density at radius 1 is 0.559 bits per heavy atom. The van der Waals surface area contributed by atoms with Crippen molar-refractivity contribution in [2.45, 2.75) is 16.7 Å². The lowest BCUT2D eigenvalue weighted by molar-refractivity contribution is -0.122. The monoisotopic (exact) mass is 465 g/mol. The van der Waals surface area contributed by atoms with Gasteiger partial charge in [-0.3, -0.25) is 4.79 Å². The number of nitrogens with one attached hydrogen (secondary N) is 1. The largest absolute Gasteiger partial charge is 0.324 e. The summed E-state index contributed by atoms with van der Waals surface area (Å²) in [5, 5.41) is 2.97. The number of hydrogen-bond acceptors (Lipinski definition) is 3. The third kappa shape index (κ3) is 3.95. The first kappa shape index (κ1) is 21.9. The van der Waals surface area contributed by atoms with Crippen molar-refractivity contribution in [3.05, 3.63) is 143 Å². The molecule has 1 N–H and O–H groups in total. The van der Waals surface area contributed by atoms with Crippen LogP contribution in [0.1, 0.15) is 28.5 Å². The van der Waals surface area contributed by atoms with Gasteiger partial charge in [0.25, 0.3) is 0 Å². The number of carbonyl (C=O) groups excluding carboxylic acids is 1. The summed E-state index contributed by atoms with van der Waals surface area (Å²) in [4.78, 5) is 14.0. The molecule has 0 saturated heterocycles. The van der Waals surface area contributed by atoms with Crippen LogP contribution >= 0.6 is 0 Å². The molecule has 1 aliphatic heterocycles. The zero-order chi connectivity index (χ0) is 23.5. The highest BCUT2D eigenvalue weighted by Crippen LogP contribution is 2.48. The van der Waals surface area contributed by atoms with E-state index in [-0.39, 0.29) is 15.7 Å². The molecule has 1 aliphatic rings. The molecular formula is C29H23NO3S. The quantitative estimate of drug-likeness (QED) is 0.422. The van der Waals surface area contributed by atoms with E-state index in [1.807, 2.05) is 91.0 Å². The Bertz CT molecular complexity index is 1430. The number of rotatable bonds is 5. The molecule has 2 atom stereocenters. The van der Waals surface area contributed by atoms with Crippen molar-refractivity contribution in [2.24, 2.45) is 0 Å². The van der Waals surface area contributed by atoms with Crippen molar-refractivity contribution in [1.29, 1.82) is 0 Å². The van der Waals surface area contributed by atoms with Gasteiger partial charge in [-0.1, -0.05) is 109 Å². The van der Waals surface area contributed by atoms with Crippen LogP contribution in [0, 0.1) is 0 Å². The first-order valence-electron chi connectivity index (χ1n) is 11.1. The maximum absolute atomic E-state index is 14.2. The molecule has 0 radical (unpaired) electrons. The predicted octanol–water partition coefficient (Wildman–Crippen LogP) is 5.53. The molecule has 0 saturated carbocycles. The van der Waals surface area contributed by atoms with E-state index in [4.69, 9.17) is 0 Å². The highest BCUT2D eigenvalue weighted by atomic mass is 32.2. The van der Waals surface area contributed by atoms with Crippen LogP contribution in [0.15, 0.2) is 131 Å². The minimum Gasteiger partial charge on any atom is -0.324 e. The number of allylic oxidation sites excluding steroid dienone is 1. The standard InChI is InChI=1S/C29H23NO3S/c31-29-26(22-15-7-2-8-16-22)25(21-13-5-1-6-14-21)28(27(30-29)23-17-9-3-10-18-23)34(32,33)24-19-11-4-12-20-24/h1-20,25-26H,(H,30,31). The van der Waals surface area contributed by atoms with Crippen LogP contribution in [-0.2, 0) is 14.6 Å². The molecule has 0 fully saturated rings. The summed E-state index contributed by atoms with van der Waals surface area (Å²) < 4.78 is 28.5. The van der Waals surface area contributed by atoms with Crippen LogP contribution in [0.4, 0.5) is 0 Å². The zero-order valence-electron chi connectivity index (χ0n) is 18.3. The first-order chi connectivity index (χ1) is 16.6. The first-order valence-corrected chi connectivity index (χ1v) is 12.6. The van der Waals surface area contributed by atoms with Gasteiger partial charge in [-0.25, -0.2) is 8.42 Å². The van der Waals surface area contributed by atoms with Crippen LogP contribution in [-0.4, -0.2) is 14.3 Å². The topological polar surface area (TPSA) is 63.2 Å². The molecule has 4 aromatic rings. The zero-order valence-corrected chi connectivity index (χ0v) is 19.2. The molecule has 1 amide bonds. The van der Waals surface area contributed by atoms with Gasteiger partial charge in [0.2, 0.25) is 15.7 Å². The van der Waals surface area contributed by atoms with Gasteiger partial charge in [0, 0.05) is 5.92 Å². The van der Waals surface area contributed by atoms with E-state index in [0.29, 0.717) is 11.3 Å². The number of amides is 1. The number of sulfone groups is 1. The average molecular weight is 466 g/mol. The SMILES string of the molecule is O=C1NC(c2ccccc2)=C(S(=O)(=O)c2ccccc2)C(c2ccccc2)C1c1ccccc1. The Kier molecular flexibility index (Phi) is 5.86. The van der Waals surface area contributed by atoms with Crippen molar-refractivity contribution in [2.75, 3.05) is 0 Å². The van der Waals surface area contributed by atoms with E-state index in [1.54, 1.807) is 30.3 Å². The Balaban J connectivity index is 1.85. The predicted molar refractivity (Wildman–Crippen MR) is 133 cm³/mol. The van der Waals surface area contributed by atoms with Crippen molar-refractivity contribution in [3.63, 3.8) is 0 Å². The summed E-state index contributed by atoms with van der Waals surface area (Å²) >= 11 is 0. The molecule has 168 valence electrons. The lowest BCUT2D eigenvalue weighted by atomic mass is 9.77. The lowest BCUT2D eigenvalue weighted by Gasteiger charge is -2.35. The second-order valence-corrected chi connectivity index (χ2v) is 10.1. The third-order valence-electron chi connectivity index (χ3n) is 6.12. The highest BCUT2D eigenvalue weighted by molar-refractivity contribution is 7.95. The summed E-state index contributed by atoms with van der Waals surface area (Å²) in [6, 6.07) is 36.4. The summed E-state index contributed by atoms with van der Waals surface area (Å²) in [6.07, 6.45) is 0. The van der Waals surface area contributed by atoms with Gasteiger partial charge < -0.3 is 5.32 Å². The molecule has 34 heavy (non-hydrogen) atoms. The van der Waals surface area contributed by atoms with Crippen molar-refractivity contribution < 1.29 is 13.2 Å². The number of hydrogen-bond donors (Lipinski definition) is 1. The minimum absolute atomic E-state index is 0.197. The summed E-state index contributed by atoms with van der Waals surface area (Å²) in [6.45, 7) is 0. The highest BCUT2D eigenvalue weighted by Gasteiger charge is 2.45. The Morgan fingerprint density at radius 3 is 1.53 bits per heavy atom. The van der Waals surface area contributed by atoms with E-state index < -0.39 is 21.7 Å². The molecule has 5 heteroatoms. The summed E-state index contributed by atoms with van der Waals surface area (Å²) in [7, 11) is -3.96. The van der Waals surface area contributed by atoms with E-state index in [1.165, 1.54) is 0 Å². The molecule has 0 bridgehead atoms. The molecule has 0 aliphatic carbocycles. The minimum atomic E-state index is -3.96. The molecule has 5 rings (SSSR count). The fourth-order valence-corrected chi connectivity index (χ4v) is 6.39. The van der Waals surface area contributed by atoms with Gasteiger partial charge in [-0.2, -0.15) is 0 Å². The molecule has 4 nitrogen and oxygen atoms in total. The Hall–Kier alpha value is -3.96. The van der Waals surface area contributed by atoms with E-state index in [2.05, 4.69) is 5.32 Å². The van der Waals surface area contributed by atoms with Gasteiger partial charge in [0.15, 0.2) is 0 Å². The number of benzene rings is 4. The molecule has 0 aromatic heterocycles. The van der Waals surface area contributed by atoms with Crippen molar-refractivity contribution >= 4 is 21.4 Å². The maximum Gasteiger partial charge on any atom is 0.232 e. The van der Waals surface area contributed by atoms with E-state index in [9.17, 15) is 13.2 Å². The Labute approximate surface area is 199 Å². The summed E-state index contributed by atoms with van der Waals surface area (Å²) in [5.74, 6) is -1.63. The fraction of sp³-hybridized carbons (Fsp3) is 0.0690. The van der Waals surface area contributed by atoms with E-state index >= 15 is 0 Å². The fourth-order valence-electron chi connectivity index (χ4n) is 4.58. The lowest BCUT2D eigenvalue weighted by Crippen LogP contribution is -2.40.